The van der Waals surface area contributed by atoms with Gasteiger partial charge in [0, 0.05) is 22.2 Å². The quantitative estimate of drug-likeness (QED) is 0.132. The maximum Gasteiger partial charge on any atom is 0.223 e. The Morgan fingerprint density at radius 3 is 1.50 bits per heavy atom. The molecule has 1 saturated carbocycles. The lowest BCUT2D eigenvalue weighted by atomic mass is 9.34. The summed E-state index contributed by atoms with van der Waals surface area (Å²) >= 11 is 0. The molecule has 84 heavy (non-hydrogen) atoms. The van der Waals surface area contributed by atoms with Gasteiger partial charge >= 0.3 is 0 Å². The van der Waals surface area contributed by atoms with Gasteiger partial charge in [0.2, 0.25) is 5.85 Å². The maximum atomic E-state index is 23.5. The van der Waals surface area contributed by atoms with E-state index in [0.29, 0.717) is 23.7 Å². The van der Waals surface area contributed by atoms with Crippen molar-refractivity contribution in [3.05, 3.63) is 129 Å². The molecule has 2 heteroatoms. The molecule has 0 aliphatic heterocycles. The monoisotopic (exact) mass is 1140 g/mol. The van der Waals surface area contributed by atoms with Gasteiger partial charge in [0.15, 0.2) is 0 Å². The number of ether oxygens (including phenoxy) is 1. The van der Waals surface area contributed by atoms with E-state index in [9.17, 15) is 0 Å². The predicted molar refractivity (Wildman–Crippen MR) is 355 cm³/mol. The molecule has 1 nitrogen and oxygen atoms in total. The molecule has 12 rings (SSSR count). The van der Waals surface area contributed by atoms with Gasteiger partial charge < -0.3 is 4.74 Å². The van der Waals surface area contributed by atoms with Crippen molar-refractivity contribution in [2.24, 2.45) is 86.8 Å². The number of alkyl halides is 1. The van der Waals surface area contributed by atoms with Crippen molar-refractivity contribution in [2.75, 3.05) is 0 Å². The molecule has 12 aliphatic rings. The van der Waals surface area contributed by atoms with Crippen LogP contribution in [0, 0.1) is 86.8 Å². The first-order valence-corrected chi connectivity index (χ1v) is 36.5. The minimum atomic E-state index is -1.91. The first-order valence-electron chi connectivity index (χ1n) is 36.5. The lowest BCUT2D eigenvalue weighted by molar-refractivity contribution is -0.352. The zero-order chi connectivity index (χ0) is 58.3. The van der Waals surface area contributed by atoms with E-state index in [-0.39, 0.29) is 52.4 Å². The highest BCUT2D eigenvalue weighted by atomic mass is 19.2. The molecule has 0 heterocycles. The molecule has 0 radical (unpaired) electrons. The van der Waals surface area contributed by atoms with Crippen molar-refractivity contribution in [1.29, 1.82) is 0 Å². The zero-order valence-corrected chi connectivity index (χ0v) is 55.0. The van der Waals surface area contributed by atoms with Crippen LogP contribution >= 0.6 is 0 Å². The molecule has 460 valence electrons. The lowest BCUT2D eigenvalue weighted by Gasteiger charge is -2.71. The minimum Gasteiger partial charge on any atom is -0.341 e. The molecule has 0 bridgehead atoms. The summed E-state index contributed by atoms with van der Waals surface area (Å²) in [5.74, 6) is 1.60. The summed E-state index contributed by atoms with van der Waals surface area (Å²) in [5.41, 5.74) is 13.4. The zero-order valence-electron chi connectivity index (χ0n) is 55.0. The second-order valence-electron chi connectivity index (χ2n) is 31.8. The molecule has 12 aliphatic carbocycles. The van der Waals surface area contributed by atoms with Crippen molar-refractivity contribution in [3.8, 4) is 0 Å². The topological polar surface area (TPSA) is 9.23 Å². The van der Waals surface area contributed by atoms with Crippen LogP contribution in [-0.2, 0) is 4.74 Å². The van der Waals surface area contributed by atoms with Crippen LogP contribution in [0.5, 0.6) is 0 Å². The van der Waals surface area contributed by atoms with E-state index in [4.69, 9.17) is 4.74 Å². The lowest BCUT2D eigenvalue weighted by Crippen LogP contribution is -2.72. The Hall–Kier alpha value is -2.97. The second-order valence-corrected chi connectivity index (χ2v) is 31.8. The van der Waals surface area contributed by atoms with Gasteiger partial charge in [-0.15, -0.1) is 0 Å². The third-order valence-electron chi connectivity index (χ3n) is 27.0. The van der Waals surface area contributed by atoms with Crippen molar-refractivity contribution >= 4 is 0 Å². The summed E-state index contributed by atoms with van der Waals surface area (Å²) < 4.78 is 32.3. The fourth-order valence-electron chi connectivity index (χ4n) is 23.9. The Morgan fingerprint density at radius 1 is 0.500 bits per heavy atom. The predicted octanol–water partition coefficient (Wildman–Crippen LogP) is 24.2. The Labute approximate surface area is 514 Å². The maximum absolute atomic E-state index is 23.5. The van der Waals surface area contributed by atoms with Crippen LogP contribution in [0.2, 0.25) is 0 Å². The third kappa shape index (κ3) is 10.9. The van der Waals surface area contributed by atoms with Crippen LogP contribution in [0.1, 0.15) is 280 Å². The molecule has 15 unspecified atom stereocenters. The molecule has 0 saturated heterocycles. The number of hydrogen-bond donors (Lipinski definition) is 0. The molecule has 0 amide bonds. The fraction of sp³-hybridized carbons (Fsp3) is 0.732. The molecule has 0 aromatic heterocycles. The first kappa shape index (κ1) is 61.3. The summed E-state index contributed by atoms with van der Waals surface area (Å²) in [7, 11) is 0. The third-order valence-corrected chi connectivity index (χ3v) is 27.0. The van der Waals surface area contributed by atoms with Gasteiger partial charge in [-0.1, -0.05) is 142 Å². The van der Waals surface area contributed by atoms with Crippen molar-refractivity contribution < 1.29 is 9.13 Å². The van der Waals surface area contributed by atoms with Gasteiger partial charge in [-0.25, -0.2) is 4.39 Å². The average molecular weight is 1140 g/mol. The summed E-state index contributed by atoms with van der Waals surface area (Å²) in [5, 5.41) is 0. The SMILES string of the molecule is CC1=CC(C(F)(OC2CCCC(C3(CCC4CC=CCC4)C(C4CC=CCC4)=C(C)C(C)(C4=CCCC4)C3C3C=CCC3)C2)C(C2C=C(C)CCC2)(C2C=C(C)CCC2)C(C2C=C(C)CCC2)(C2C=C(C)CCC2)C2C=C(C)CCC2)CCC1. The standard InChI is InChI=1S/C82H119FO/c1-57-26-19-41-69(50-57)80(70-42-20-27-58(2)51-70,71-43-21-28-59(3)52-71)81(72-44-22-29-60(4)53-72,73-45-23-30-61(5)54-73)82(83,74-46-24-31-62(6)55-74)84-75-47-25-40-68(56-75)79(49-48-64-32-11-9-12-33-64)76(65-34-13-10-14-35-65)63(7)78(8,67-38-17-18-39-67)77(79)66-36-15-16-37-66/h9-11,13,15,36,38,50-55,64-66,68-75,77H,12,14,16-35,37,39-49,56H2,1-8H3. The molecule has 0 N–H and O–H groups in total. The van der Waals surface area contributed by atoms with E-state index in [2.05, 4.69) is 134 Å². The molecule has 1 fully saturated rings. The van der Waals surface area contributed by atoms with E-state index in [1.54, 1.807) is 27.9 Å². The number of allylic oxidation sites excluding steroid dienone is 21. The highest BCUT2D eigenvalue weighted by Crippen LogP contribution is 2.77. The molecule has 15 atom stereocenters. The Balaban J connectivity index is 1.12. The minimum absolute atomic E-state index is 0.0352. The fourth-order valence-corrected chi connectivity index (χ4v) is 23.9. The average Bonchev–Trinajstić information content (AvgIpc) is 0.857. The number of hydrogen-bond acceptors (Lipinski definition) is 1. The number of rotatable bonds is 17. The van der Waals surface area contributed by atoms with Crippen LogP contribution in [0.3, 0.4) is 0 Å². The first-order chi connectivity index (χ1) is 40.7. The highest BCUT2D eigenvalue weighted by Gasteiger charge is 2.77. The highest BCUT2D eigenvalue weighted by molar-refractivity contribution is 5.48. The molecular formula is C82H119FO. The van der Waals surface area contributed by atoms with Gasteiger partial charge in [-0.05, 0) is 331 Å². The summed E-state index contributed by atoms with van der Waals surface area (Å²) in [6, 6.07) is 0. The Kier molecular flexibility index (Phi) is 18.9. The van der Waals surface area contributed by atoms with Crippen LogP contribution in [0.4, 0.5) is 4.39 Å². The van der Waals surface area contributed by atoms with Gasteiger partial charge in [0.1, 0.15) is 0 Å². The van der Waals surface area contributed by atoms with Crippen LogP contribution in [0.15, 0.2) is 129 Å². The molecule has 0 aromatic rings. The van der Waals surface area contributed by atoms with E-state index >= 15 is 4.39 Å². The van der Waals surface area contributed by atoms with Gasteiger partial charge in [0.25, 0.3) is 0 Å². The largest absolute Gasteiger partial charge is 0.341 e. The van der Waals surface area contributed by atoms with Gasteiger partial charge in [-0.2, -0.15) is 0 Å². The van der Waals surface area contributed by atoms with E-state index < -0.39 is 16.7 Å². The van der Waals surface area contributed by atoms with Crippen molar-refractivity contribution in [2.45, 2.75) is 292 Å². The Morgan fingerprint density at radius 2 is 1.01 bits per heavy atom. The second kappa shape index (κ2) is 25.9. The van der Waals surface area contributed by atoms with Crippen LogP contribution in [0.25, 0.3) is 0 Å². The van der Waals surface area contributed by atoms with Crippen molar-refractivity contribution in [1.82, 2.24) is 0 Å². The smallest absolute Gasteiger partial charge is 0.223 e. The normalized spacial score (nSPS) is 39.9. The molecule has 0 aromatic carbocycles. The molecular weight excluding hydrogens is 1020 g/mol. The van der Waals surface area contributed by atoms with Crippen molar-refractivity contribution in [3.63, 3.8) is 0 Å². The number of halogens is 1. The van der Waals surface area contributed by atoms with Crippen LogP contribution in [-0.4, -0.2) is 12.0 Å². The summed E-state index contributed by atoms with van der Waals surface area (Å²) in [6.45, 7) is 20.2. The van der Waals surface area contributed by atoms with Crippen LogP contribution < -0.4 is 0 Å². The summed E-state index contributed by atoms with van der Waals surface area (Å²) in [6.07, 6.45) is 75.8. The van der Waals surface area contributed by atoms with E-state index in [1.807, 2.05) is 5.57 Å². The van der Waals surface area contributed by atoms with Gasteiger partial charge in [-0.3, -0.25) is 0 Å². The summed E-state index contributed by atoms with van der Waals surface area (Å²) in [4.78, 5) is 0. The Bertz CT molecular complexity index is 2610. The van der Waals surface area contributed by atoms with E-state index in [0.717, 1.165) is 102 Å². The van der Waals surface area contributed by atoms with E-state index in [1.165, 1.54) is 145 Å². The van der Waals surface area contributed by atoms with Gasteiger partial charge in [0.05, 0.1) is 6.10 Å². The molecule has 0 spiro atoms.